The van der Waals surface area contributed by atoms with Gasteiger partial charge in [-0.05, 0) is 18.9 Å². The minimum Gasteiger partial charge on any atom is -0.368 e. The van der Waals surface area contributed by atoms with Crippen molar-refractivity contribution in [1.82, 2.24) is 5.32 Å². The molecule has 1 aromatic rings. The highest BCUT2D eigenvalue weighted by molar-refractivity contribution is 5.81. The number of halogens is 3. The number of carbonyl (C=O) groups is 1. The van der Waals surface area contributed by atoms with Crippen LogP contribution in [-0.2, 0) is 4.79 Å². The van der Waals surface area contributed by atoms with Crippen LogP contribution in [0.2, 0.25) is 0 Å². The minimum absolute atomic E-state index is 0.0255. The fraction of sp³-hybridized carbons (Fsp3) is 0.533. The Balaban J connectivity index is 2.22. The zero-order valence-electron chi connectivity index (χ0n) is 11.7. The molecule has 0 aromatic heterocycles. The molecule has 0 aliphatic heterocycles. The second-order valence-electron chi connectivity index (χ2n) is 5.48. The van der Waals surface area contributed by atoms with Crippen LogP contribution in [0.3, 0.4) is 0 Å². The van der Waals surface area contributed by atoms with E-state index >= 15 is 0 Å². The lowest BCUT2D eigenvalue weighted by Crippen LogP contribution is -2.40. The normalized spacial score (nSPS) is 18.2. The van der Waals surface area contributed by atoms with E-state index in [0.29, 0.717) is 12.1 Å². The van der Waals surface area contributed by atoms with Crippen molar-refractivity contribution < 1.29 is 18.0 Å². The molecule has 1 saturated carbocycles. The van der Waals surface area contributed by atoms with E-state index in [1.54, 1.807) is 0 Å². The molecule has 0 spiro atoms. The van der Waals surface area contributed by atoms with Crippen molar-refractivity contribution >= 4 is 5.91 Å². The third-order valence-electron chi connectivity index (χ3n) is 3.89. The standard InChI is InChI=1S/C15H19F3N2O/c16-11-8-13(18)12(17)7-10(11)14(15(19)21)20-9-5-3-1-2-4-6-9/h7-9,14,20H,1-6H2,(H2,19,21). The first-order valence-corrected chi connectivity index (χ1v) is 7.19. The minimum atomic E-state index is -1.28. The topological polar surface area (TPSA) is 55.1 Å². The number of hydrogen-bond donors (Lipinski definition) is 2. The summed E-state index contributed by atoms with van der Waals surface area (Å²) in [7, 11) is 0. The van der Waals surface area contributed by atoms with Gasteiger partial charge >= 0.3 is 0 Å². The molecule has 21 heavy (non-hydrogen) atoms. The molecular formula is C15H19F3N2O. The molecule has 1 aliphatic rings. The van der Waals surface area contributed by atoms with Crippen molar-refractivity contribution in [1.29, 1.82) is 0 Å². The van der Waals surface area contributed by atoms with E-state index in [-0.39, 0.29) is 11.6 Å². The summed E-state index contributed by atoms with van der Waals surface area (Å²) >= 11 is 0. The Kier molecular flexibility index (Phi) is 5.22. The molecule has 1 fully saturated rings. The molecule has 6 heteroatoms. The molecule has 116 valence electrons. The predicted molar refractivity (Wildman–Crippen MR) is 72.9 cm³/mol. The monoisotopic (exact) mass is 300 g/mol. The number of rotatable bonds is 4. The first-order chi connectivity index (χ1) is 9.99. The van der Waals surface area contributed by atoms with Gasteiger partial charge in [-0.1, -0.05) is 25.7 Å². The maximum atomic E-state index is 13.8. The number of amides is 1. The Hall–Kier alpha value is -1.56. The molecule has 0 radical (unpaired) electrons. The highest BCUT2D eigenvalue weighted by Gasteiger charge is 2.26. The maximum Gasteiger partial charge on any atom is 0.239 e. The largest absolute Gasteiger partial charge is 0.368 e. The van der Waals surface area contributed by atoms with Crippen LogP contribution in [0.4, 0.5) is 13.2 Å². The summed E-state index contributed by atoms with van der Waals surface area (Å²) in [6.45, 7) is 0. The van der Waals surface area contributed by atoms with Gasteiger partial charge < -0.3 is 5.73 Å². The summed E-state index contributed by atoms with van der Waals surface area (Å²) in [6.07, 6.45) is 5.99. The van der Waals surface area contributed by atoms with Crippen molar-refractivity contribution in [2.24, 2.45) is 5.73 Å². The summed E-state index contributed by atoms with van der Waals surface area (Å²) in [5, 5.41) is 3.00. The van der Waals surface area contributed by atoms with E-state index < -0.39 is 29.4 Å². The molecule has 0 bridgehead atoms. The van der Waals surface area contributed by atoms with Crippen LogP contribution in [0, 0.1) is 17.5 Å². The average Bonchev–Trinajstić information content (AvgIpc) is 2.69. The van der Waals surface area contributed by atoms with Crippen LogP contribution in [0.5, 0.6) is 0 Å². The third kappa shape index (κ3) is 3.97. The average molecular weight is 300 g/mol. The lowest BCUT2D eigenvalue weighted by Gasteiger charge is -2.23. The van der Waals surface area contributed by atoms with E-state index in [1.807, 2.05) is 0 Å². The quantitative estimate of drug-likeness (QED) is 0.663. The Bertz CT molecular complexity index is 514. The Labute approximate surface area is 121 Å². The zero-order valence-corrected chi connectivity index (χ0v) is 11.7. The van der Waals surface area contributed by atoms with E-state index in [9.17, 15) is 18.0 Å². The summed E-state index contributed by atoms with van der Waals surface area (Å²) in [4.78, 5) is 11.6. The van der Waals surface area contributed by atoms with Gasteiger partial charge in [0.25, 0.3) is 0 Å². The van der Waals surface area contributed by atoms with Gasteiger partial charge in [-0.15, -0.1) is 0 Å². The fourth-order valence-electron chi connectivity index (χ4n) is 2.77. The second kappa shape index (κ2) is 6.93. The molecule has 3 nitrogen and oxygen atoms in total. The van der Waals surface area contributed by atoms with Crippen LogP contribution in [0.1, 0.15) is 50.1 Å². The van der Waals surface area contributed by atoms with Crippen LogP contribution in [-0.4, -0.2) is 11.9 Å². The molecule has 1 aromatic carbocycles. The Morgan fingerprint density at radius 2 is 1.62 bits per heavy atom. The summed E-state index contributed by atoms with van der Waals surface area (Å²) < 4.78 is 40.1. The summed E-state index contributed by atoms with van der Waals surface area (Å²) in [5.41, 5.74) is 5.05. The van der Waals surface area contributed by atoms with Crippen molar-refractivity contribution in [3.8, 4) is 0 Å². The van der Waals surface area contributed by atoms with E-state index in [2.05, 4.69) is 5.32 Å². The number of benzene rings is 1. The number of carbonyl (C=O) groups excluding carboxylic acids is 1. The van der Waals surface area contributed by atoms with Gasteiger partial charge in [-0.2, -0.15) is 0 Å². The van der Waals surface area contributed by atoms with Crippen molar-refractivity contribution in [2.45, 2.75) is 50.6 Å². The Morgan fingerprint density at radius 1 is 1.05 bits per heavy atom. The first-order valence-electron chi connectivity index (χ1n) is 7.19. The van der Waals surface area contributed by atoms with E-state index in [1.165, 1.54) is 0 Å². The van der Waals surface area contributed by atoms with Gasteiger partial charge in [0.15, 0.2) is 11.6 Å². The van der Waals surface area contributed by atoms with Crippen molar-refractivity contribution in [3.63, 3.8) is 0 Å². The molecule has 0 saturated heterocycles. The van der Waals surface area contributed by atoms with Gasteiger partial charge in [0.2, 0.25) is 5.91 Å². The summed E-state index contributed by atoms with van der Waals surface area (Å²) in [5.74, 6) is -4.25. The molecule has 0 heterocycles. The molecule has 1 atom stereocenters. The lowest BCUT2D eigenvalue weighted by molar-refractivity contribution is -0.120. The van der Waals surface area contributed by atoms with Crippen LogP contribution in [0.15, 0.2) is 12.1 Å². The highest BCUT2D eigenvalue weighted by Crippen LogP contribution is 2.24. The Morgan fingerprint density at radius 3 is 2.19 bits per heavy atom. The molecule has 1 aliphatic carbocycles. The van der Waals surface area contributed by atoms with Crippen LogP contribution < -0.4 is 11.1 Å². The number of hydrogen-bond acceptors (Lipinski definition) is 2. The number of primary amides is 1. The molecule has 3 N–H and O–H groups in total. The van der Waals surface area contributed by atoms with Gasteiger partial charge in [0.1, 0.15) is 11.9 Å². The second-order valence-corrected chi connectivity index (χ2v) is 5.48. The van der Waals surface area contributed by atoms with E-state index in [0.717, 1.165) is 38.5 Å². The smallest absolute Gasteiger partial charge is 0.239 e. The van der Waals surface area contributed by atoms with Gasteiger partial charge in [-0.25, -0.2) is 13.2 Å². The molecule has 1 amide bonds. The van der Waals surface area contributed by atoms with Crippen molar-refractivity contribution in [2.75, 3.05) is 0 Å². The third-order valence-corrected chi connectivity index (χ3v) is 3.89. The van der Waals surface area contributed by atoms with Gasteiger partial charge in [-0.3, -0.25) is 10.1 Å². The van der Waals surface area contributed by atoms with Gasteiger partial charge in [0, 0.05) is 17.7 Å². The van der Waals surface area contributed by atoms with Gasteiger partial charge in [0.05, 0.1) is 0 Å². The molecular weight excluding hydrogens is 281 g/mol. The molecule has 1 unspecified atom stereocenters. The fourth-order valence-corrected chi connectivity index (χ4v) is 2.77. The number of nitrogens with two attached hydrogens (primary N) is 1. The maximum absolute atomic E-state index is 13.8. The first kappa shape index (κ1) is 15.8. The van der Waals surface area contributed by atoms with E-state index in [4.69, 9.17) is 5.73 Å². The highest BCUT2D eigenvalue weighted by atomic mass is 19.2. The molecule has 2 rings (SSSR count). The lowest BCUT2D eigenvalue weighted by atomic mass is 10.0. The predicted octanol–water partition coefficient (Wildman–Crippen LogP) is 2.94. The summed E-state index contributed by atoms with van der Waals surface area (Å²) in [6, 6.07) is 0.0137. The van der Waals surface area contributed by atoms with Crippen molar-refractivity contribution in [3.05, 3.63) is 35.1 Å². The van der Waals surface area contributed by atoms with Crippen LogP contribution >= 0.6 is 0 Å². The van der Waals surface area contributed by atoms with Crippen LogP contribution in [0.25, 0.3) is 0 Å². The SMILES string of the molecule is NC(=O)C(NC1CCCCCC1)c1cc(F)c(F)cc1F. The number of nitrogens with one attached hydrogen (secondary N) is 1. The zero-order chi connectivity index (χ0) is 15.4.